The number of hydrogen-bond acceptors (Lipinski definition) is 2. The van der Waals surface area contributed by atoms with Gasteiger partial charge in [0.15, 0.2) is 0 Å². The zero-order valence-corrected chi connectivity index (χ0v) is 11.3. The van der Waals surface area contributed by atoms with Gasteiger partial charge in [-0.2, -0.15) is 0 Å². The summed E-state index contributed by atoms with van der Waals surface area (Å²) in [6.07, 6.45) is 1.73. The van der Waals surface area contributed by atoms with E-state index >= 15 is 0 Å². The maximum absolute atomic E-state index is 13.6. The average molecular weight is 298 g/mol. The van der Waals surface area contributed by atoms with Crippen molar-refractivity contribution in [1.29, 1.82) is 0 Å². The predicted molar refractivity (Wildman–Crippen MR) is 69.8 cm³/mol. The number of aliphatic carboxylic acids is 1. The second-order valence-corrected chi connectivity index (χ2v) is 5.71. The zero-order chi connectivity index (χ0) is 14.4. The molecule has 0 aromatic heterocycles. The Morgan fingerprint density at radius 3 is 2.65 bits per heavy atom. The van der Waals surface area contributed by atoms with Crippen molar-refractivity contribution in [2.24, 2.45) is 5.92 Å². The van der Waals surface area contributed by atoms with Crippen molar-refractivity contribution in [2.45, 2.75) is 31.3 Å². The van der Waals surface area contributed by atoms with E-state index in [0.29, 0.717) is 5.56 Å². The van der Waals surface area contributed by atoms with Crippen molar-refractivity contribution < 1.29 is 19.1 Å². The fraction of sp³-hybridized carbons (Fsp3) is 0.429. The Balaban J connectivity index is 2.02. The summed E-state index contributed by atoms with van der Waals surface area (Å²) >= 11 is 5.65. The molecule has 1 aromatic rings. The molecule has 0 bridgehead atoms. The molecule has 2 unspecified atom stereocenters. The number of likely N-dealkylation sites (tertiary alicyclic amines) is 1. The van der Waals surface area contributed by atoms with Gasteiger partial charge < -0.3 is 10.0 Å². The Morgan fingerprint density at radius 1 is 1.40 bits per heavy atom. The van der Waals surface area contributed by atoms with Gasteiger partial charge in [-0.3, -0.25) is 9.59 Å². The third-order valence-electron chi connectivity index (χ3n) is 3.91. The lowest BCUT2D eigenvalue weighted by Crippen LogP contribution is -2.32. The number of halogens is 2. The highest BCUT2D eigenvalue weighted by Gasteiger charge is 2.49. The zero-order valence-electron chi connectivity index (χ0n) is 10.6. The summed E-state index contributed by atoms with van der Waals surface area (Å²) in [5, 5.41) is 9.30. The molecule has 1 aliphatic carbocycles. The number of carboxylic acids is 1. The van der Waals surface area contributed by atoms with Crippen LogP contribution in [0, 0.1) is 11.7 Å². The van der Waals surface area contributed by atoms with Crippen LogP contribution in [0.25, 0.3) is 0 Å². The van der Waals surface area contributed by atoms with Gasteiger partial charge in [0.05, 0.1) is 17.0 Å². The molecule has 106 valence electrons. The minimum atomic E-state index is -1.03. The molecule has 1 amide bonds. The van der Waals surface area contributed by atoms with E-state index in [4.69, 9.17) is 11.6 Å². The number of benzene rings is 1. The van der Waals surface area contributed by atoms with Crippen molar-refractivity contribution in [3.8, 4) is 0 Å². The van der Waals surface area contributed by atoms with E-state index in [9.17, 15) is 19.1 Å². The standard InChI is InChI=1S/C14H13ClFNO3/c15-10-4-1-7(5-11(10)16)13-9(14(19)20)6-12(18)17(13)8-2-3-8/h1,4-5,8-9,13H,2-3,6H2,(H,19,20). The van der Waals surface area contributed by atoms with Crippen molar-refractivity contribution in [3.05, 3.63) is 34.6 Å². The Morgan fingerprint density at radius 2 is 2.10 bits per heavy atom. The molecule has 20 heavy (non-hydrogen) atoms. The molecule has 3 rings (SSSR count). The highest BCUT2D eigenvalue weighted by atomic mass is 35.5. The first-order chi connectivity index (χ1) is 9.49. The molecule has 1 N–H and O–H groups in total. The number of nitrogens with zero attached hydrogens (tertiary/aromatic N) is 1. The van der Waals surface area contributed by atoms with Gasteiger partial charge in [-0.1, -0.05) is 17.7 Å². The molecule has 1 heterocycles. The van der Waals surface area contributed by atoms with Gasteiger partial charge in [-0.15, -0.1) is 0 Å². The quantitative estimate of drug-likeness (QED) is 0.933. The lowest BCUT2D eigenvalue weighted by Gasteiger charge is -2.27. The van der Waals surface area contributed by atoms with E-state index in [0.717, 1.165) is 12.8 Å². The second kappa shape index (κ2) is 4.74. The molecule has 0 radical (unpaired) electrons. The van der Waals surface area contributed by atoms with Gasteiger partial charge in [-0.05, 0) is 30.5 Å². The minimum Gasteiger partial charge on any atom is -0.481 e. The van der Waals surface area contributed by atoms with Crippen LogP contribution in [0.2, 0.25) is 5.02 Å². The number of carbonyl (C=O) groups excluding carboxylic acids is 1. The molecule has 2 fully saturated rings. The molecule has 2 aliphatic rings. The van der Waals surface area contributed by atoms with Crippen LogP contribution in [0.4, 0.5) is 4.39 Å². The third kappa shape index (κ3) is 2.16. The summed E-state index contributed by atoms with van der Waals surface area (Å²) in [7, 11) is 0. The Kier molecular flexibility index (Phi) is 3.17. The van der Waals surface area contributed by atoms with Gasteiger partial charge >= 0.3 is 5.97 Å². The number of carboxylic acid groups (broad SMARTS) is 1. The van der Waals surface area contributed by atoms with Crippen LogP contribution < -0.4 is 0 Å². The third-order valence-corrected chi connectivity index (χ3v) is 4.21. The fourth-order valence-corrected chi connectivity index (χ4v) is 2.97. The lowest BCUT2D eigenvalue weighted by molar-refractivity contribution is -0.142. The maximum atomic E-state index is 13.6. The van der Waals surface area contributed by atoms with Crippen LogP contribution in [-0.4, -0.2) is 27.9 Å². The highest BCUT2D eigenvalue weighted by molar-refractivity contribution is 6.30. The van der Waals surface area contributed by atoms with Gasteiger partial charge in [0.2, 0.25) is 5.91 Å². The first kappa shape index (κ1) is 13.4. The summed E-state index contributed by atoms with van der Waals surface area (Å²) in [6, 6.07) is 3.73. The average Bonchev–Trinajstić information content (AvgIpc) is 3.16. The fourth-order valence-electron chi connectivity index (χ4n) is 2.85. The van der Waals surface area contributed by atoms with E-state index in [2.05, 4.69) is 0 Å². The summed E-state index contributed by atoms with van der Waals surface area (Å²) < 4.78 is 13.6. The number of amides is 1. The first-order valence-corrected chi connectivity index (χ1v) is 6.85. The van der Waals surface area contributed by atoms with Crippen LogP contribution >= 0.6 is 11.6 Å². The van der Waals surface area contributed by atoms with Crippen LogP contribution in [-0.2, 0) is 9.59 Å². The number of carbonyl (C=O) groups is 2. The minimum absolute atomic E-state index is 0.0112. The van der Waals surface area contributed by atoms with Crippen LogP contribution in [0.3, 0.4) is 0 Å². The van der Waals surface area contributed by atoms with E-state index in [1.54, 1.807) is 11.0 Å². The van der Waals surface area contributed by atoms with Crippen molar-refractivity contribution in [3.63, 3.8) is 0 Å². The Labute approximate surface area is 120 Å². The Bertz CT molecular complexity index is 588. The SMILES string of the molecule is O=C(O)C1CC(=O)N(C2CC2)C1c1ccc(Cl)c(F)c1. The maximum Gasteiger partial charge on any atom is 0.309 e. The molecule has 1 aromatic carbocycles. The number of hydrogen-bond donors (Lipinski definition) is 1. The van der Waals surface area contributed by atoms with Crippen molar-refractivity contribution in [1.82, 2.24) is 4.90 Å². The summed E-state index contributed by atoms with van der Waals surface area (Å²) in [6.45, 7) is 0. The van der Waals surface area contributed by atoms with Crippen molar-refractivity contribution in [2.75, 3.05) is 0 Å². The van der Waals surface area contributed by atoms with Gasteiger partial charge in [0.25, 0.3) is 0 Å². The predicted octanol–water partition coefficient (Wildman–Crippen LogP) is 2.62. The smallest absolute Gasteiger partial charge is 0.309 e. The Hall–Kier alpha value is -1.62. The largest absolute Gasteiger partial charge is 0.481 e. The lowest BCUT2D eigenvalue weighted by atomic mass is 9.93. The molecule has 0 spiro atoms. The number of rotatable bonds is 3. The van der Waals surface area contributed by atoms with Crippen LogP contribution in [0.15, 0.2) is 18.2 Å². The first-order valence-electron chi connectivity index (χ1n) is 6.48. The molecule has 1 saturated heterocycles. The summed E-state index contributed by atoms with van der Waals surface area (Å²) in [5.74, 6) is -2.62. The molecular formula is C14H13ClFNO3. The van der Waals surface area contributed by atoms with E-state index in [1.807, 2.05) is 0 Å². The molecular weight excluding hydrogens is 285 g/mol. The second-order valence-electron chi connectivity index (χ2n) is 5.30. The van der Waals surface area contributed by atoms with Gasteiger partial charge in [0, 0.05) is 12.5 Å². The topological polar surface area (TPSA) is 57.6 Å². The van der Waals surface area contributed by atoms with Gasteiger partial charge in [0.1, 0.15) is 5.82 Å². The van der Waals surface area contributed by atoms with Crippen LogP contribution in [0.1, 0.15) is 30.9 Å². The molecule has 1 saturated carbocycles. The normalized spacial score (nSPS) is 26.1. The van der Waals surface area contributed by atoms with E-state index < -0.39 is 23.7 Å². The molecule has 2 atom stereocenters. The van der Waals surface area contributed by atoms with E-state index in [-0.39, 0.29) is 23.4 Å². The highest BCUT2D eigenvalue weighted by Crippen LogP contribution is 2.45. The monoisotopic (exact) mass is 297 g/mol. The molecule has 4 nitrogen and oxygen atoms in total. The van der Waals surface area contributed by atoms with Gasteiger partial charge in [-0.25, -0.2) is 4.39 Å². The van der Waals surface area contributed by atoms with Crippen LogP contribution in [0.5, 0.6) is 0 Å². The molecule has 6 heteroatoms. The summed E-state index contributed by atoms with van der Waals surface area (Å²) in [4.78, 5) is 25.0. The van der Waals surface area contributed by atoms with E-state index in [1.165, 1.54) is 12.1 Å². The summed E-state index contributed by atoms with van der Waals surface area (Å²) in [5.41, 5.74) is 0.497. The van der Waals surface area contributed by atoms with Crippen molar-refractivity contribution >= 4 is 23.5 Å². The molecule has 1 aliphatic heterocycles.